The van der Waals surface area contributed by atoms with Crippen molar-refractivity contribution < 1.29 is 14.3 Å². The summed E-state index contributed by atoms with van der Waals surface area (Å²) in [6, 6.07) is 19.7. The van der Waals surface area contributed by atoms with E-state index >= 15 is 0 Å². The van der Waals surface area contributed by atoms with Gasteiger partial charge in [-0.15, -0.1) is 0 Å². The van der Waals surface area contributed by atoms with Crippen molar-refractivity contribution >= 4 is 23.4 Å². The van der Waals surface area contributed by atoms with Crippen molar-refractivity contribution in [1.29, 1.82) is 0 Å². The number of carbonyl (C=O) groups is 2. The molecule has 0 bridgehead atoms. The molecule has 0 aliphatic carbocycles. The topological polar surface area (TPSA) is 80.3 Å². The number of aromatic nitrogens is 1. The van der Waals surface area contributed by atoms with Gasteiger partial charge in [-0.1, -0.05) is 54.1 Å². The summed E-state index contributed by atoms with van der Waals surface area (Å²) in [4.78, 5) is 28.7. The first kappa shape index (κ1) is 20.4. The number of hydrogen-bond acceptors (Lipinski definition) is 4. The summed E-state index contributed by atoms with van der Waals surface area (Å²) in [5.74, 6) is -0.0680. The van der Waals surface area contributed by atoms with Gasteiger partial charge in [-0.25, -0.2) is 0 Å². The fourth-order valence-corrected chi connectivity index (χ4v) is 2.95. The van der Waals surface area contributed by atoms with Crippen LogP contribution < -0.4 is 15.4 Å². The summed E-state index contributed by atoms with van der Waals surface area (Å²) in [7, 11) is 1.60. The van der Waals surface area contributed by atoms with Gasteiger partial charge in [-0.2, -0.15) is 0 Å². The standard InChI is InChI=1S/C22H20ClN3O3/c1-29-18-9-7-16(8-10-18)21(15-5-3-2-4-6-15)26-20(27)14-25-22(28)19-13-17(23)11-12-24-19/h2-13,21H,14H2,1H3,(H,25,28)(H,26,27). The zero-order valence-corrected chi connectivity index (χ0v) is 16.5. The van der Waals surface area contributed by atoms with Crippen LogP contribution in [0.15, 0.2) is 72.9 Å². The van der Waals surface area contributed by atoms with Crippen LogP contribution in [-0.2, 0) is 4.79 Å². The van der Waals surface area contributed by atoms with E-state index in [9.17, 15) is 9.59 Å². The number of nitrogens with zero attached hydrogens (tertiary/aromatic N) is 1. The number of pyridine rings is 1. The zero-order valence-electron chi connectivity index (χ0n) is 15.8. The average molecular weight is 410 g/mol. The number of amides is 2. The Balaban J connectivity index is 1.70. The lowest BCUT2D eigenvalue weighted by molar-refractivity contribution is -0.120. The molecule has 0 saturated carbocycles. The van der Waals surface area contributed by atoms with Gasteiger partial charge in [-0.05, 0) is 35.4 Å². The molecule has 0 aliphatic rings. The summed E-state index contributed by atoms with van der Waals surface area (Å²) in [6.07, 6.45) is 1.44. The first-order valence-corrected chi connectivity index (χ1v) is 9.32. The second-order valence-electron chi connectivity index (χ2n) is 6.23. The second kappa shape index (κ2) is 9.71. The lowest BCUT2D eigenvalue weighted by Crippen LogP contribution is -2.39. The molecule has 1 unspecified atom stereocenters. The minimum atomic E-state index is -0.469. The summed E-state index contributed by atoms with van der Waals surface area (Å²) < 4.78 is 5.20. The van der Waals surface area contributed by atoms with Crippen molar-refractivity contribution in [2.45, 2.75) is 6.04 Å². The SMILES string of the molecule is COc1ccc(C(NC(=O)CNC(=O)c2cc(Cl)ccn2)c2ccccc2)cc1. The summed E-state index contributed by atoms with van der Waals surface area (Å²) in [5, 5.41) is 5.93. The Kier molecular flexibility index (Phi) is 6.81. The molecule has 2 N–H and O–H groups in total. The van der Waals surface area contributed by atoms with Gasteiger partial charge in [0.1, 0.15) is 11.4 Å². The van der Waals surface area contributed by atoms with Crippen LogP contribution in [-0.4, -0.2) is 30.5 Å². The smallest absolute Gasteiger partial charge is 0.270 e. The molecule has 6 nitrogen and oxygen atoms in total. The highest BCUT2D eigenvalue weighted by Crippen LogP contribution is 2.24. The van der Waals surface area contributed by atoms with Crippen molar-refractivity contribution in [1.82, 2.24) is 15.6 Å². The zero-order chi connectivity index (χ0) is 20.6. The van der Waals surface area contributed by atoms with Crippen LogP contribution in [0.4, 0.5) is 0 Å². The maximum absolute atomic E-state index is 12.5. The van der Waals surface area contributed by atoms with E-state index in [0.29, 0.717) is 5.02 Å². The normalized spacial score (nSPS) is 11.4. The number of halogens is 1. The van der Waals surface area contributed by atoms with Gasteiger partial charge < -0.3 is 15.4 Å². The molecule has 1 atom stereocenters. The maximum Gasteiger partial charge on any atom is 0.270 e. The van der Waals surface area contributed by atoms with Crippen molar-refractivity contribution in [3.63, 3.8) is 0 Å². The minimum absolute atomic E-state index is 0.153. The van der Waals surface area contributed by atoms with Crippen LogP contribution in [0, 0.1) is 0 Å². The van der Waals surface area contributed by atoms with E-state index in [-0.39, 0.29) is 24.2 Å². The fourth-order valence-electron chi connectivity index (χ4n) is 2.79. The number of benzene rings is 2. The largest absolute Gasteiger partial charge is 0.497 e. The van der Waals surface area contributed by atoms with Crippen LogP contribution in [0.3, 0.4) is 0 Å². The Morgan fingerprint density at radius 2 is 1.72 bits per heavy atom. The Bertz CT molecular complexity index is 978. The van der Waals surface area contributed by atoms with E-state index in [1.165, 1.54) is 12.3 Å². The number of rotatable bonds is 7. The Morgan fingerprint density at radius 3 is 2.38 bits per heavy atom. The number of carbonyl (C=O) groups excluding carboxylic acids is 2. The third kappa shape index (κ3) is 5.56. The minimum Gasteiger partial charge on any atom is -0.497 e. The van der Waals surface area contributed by atoms with Crippen molar-refractivity contribution in [2.24, 2.45) is 0 Å². The molecule has 0 radical (unpaired) electrons. The number of ether oxygens (including phenoxy) is 1. The summed E-state index contributed by atoms with van der Waals surface area (Å²) in [6.45, 7) is -0.188. The summed E-state index contributed by atoms with van der Waals surface area (Å²) >= 11 is 5.87. The van der Waals surface area contributed by atoms with Crippen LogP contribution in [0.1, 0.15) is 27.7 Å². The summed E-state index contributed by atoms with van der Waals surface area (Å²) in [5.41, 5.74) is 1.97. The monoisotopic (exact) mass is 409 g/mol. The van der Waals surface area contributed by atoms with Gasteiger partial charge in [0.2, 0.25) is 5.91 Å². The van der Waals surface area contributed by atoms with Gasteiger partial charge in [0.05, 0.1) is 19.7 Å². The predicted octanol–water partition coefficient (Wildman–Crippen LogP) is 3.38. The lowest BCUT2D eigenvalue weighted by Gasteiger charge is -2.20. The molecule has 3 aromatic rings. The van der Waals surface area contributed by atoms with Crippen LogP contribution in [0.5, 0.6) is 5.75 Å². The van der Waals surface area contributed by atoms with Crippen molar-refractivity contribution in [3.8, 4) is 5.75 Å². The highest BCUT2D eigenvalue weighted by atomic mass is 35.5. The van der Waals surface area contributed by atoms with E-state index in [1.807, 2.05) is 54.6 Å². The number of nitrogens with one attached hydrogen (secondary N) is 2. The predicted molar refractivity (Wildman–Crippen MR) is 111 cm³/mol. The molecule has 1 aromatic heterocycles. The highest BCUT2D eigenvalue weighted by Gasteiger charge is 2.18. The third-order valence-corrected chi connectivity index (χ3v) is 4.49. The van der Waals surface area contributed by atoms with E-state index < -0.39 is 5.91 Å². The highest BCUT2D eigenvalue weighted by molar-refractivity contribution is 6.30. The van der Waals surface area contributed by atoms with Gasteiger partial charge in [0, 0.05) is 11.2 Å². The molecule has 7 heteroatoms. The first-order valence-electron chi connectivity index (χ1n) is 8.95. The van der Waals surface area contributed by atoms with E-state index in [0.717, 1.165) is 16.9 Å². The van der Waals surface area contributed by atoms with Gasteiger partial charge in [-0.3, -0.25) is 14.6 Å². The van der Waals surface area contributed by atoms with E-state index in [2.05, 4.69) is 15.6 Å². The molecule has 3 rings (SSSR count). The molecular weight excluding hydrogens is 390 g/mol. The lowest BCUT2D eigenvalue weighted by atomic mass is 9.98. The van der Waals surface area contributed by atoms with Crippen LogP contribution in [0.2, 0.25) is 5.02 Å². The Morgan fingerprint density at radius 1 is 1.03 bits per heavy atom. The number of methoxy groups -OCH3 is 1. The molecule has 1 heterocycles. The maximum atomic E-state index is 12.5. The molecule has 0 aliphatic heterocycles. The molecule has 148 valence electrons. The molecule has 2 amide bonds. The van der Waals surface area contributed by atoms with Crippen LogP contribution >= 0.6 is 11.6 Å². The van der Waals surface area contributed by atoms with Crippen molar-refractivity contribution in [2.75, 3.05) is 13.7 Å². The third-order valence-electron chi connectivity index (χ3n) is 4.25. The van der Waals surface area contributed by atoms with Gasteiger partial charge in [0.25, 0.3) is 5.91 Å². The molecule has 0 saturated heterocycles. The Labute approximate surface area is 173 Å². The Hall–Kier alpha value is -3.38. The average Bonchev–Trinajstić information content (AvgIpc) is 2.76. The molecule has 0 fully saturated rings. The second-order valence-corrected chi connectivity index (χ2v) is 6.66. The van der Waals surface area contributed by atoms with Crippen LogP contribution in [0.25, 0.3) is 0 Å². The fraction of sp³-hybridized carbons (Fsp3) is 0.136. The van der Waals surface area contributed by atoms with Gasteiger partial charge in [0.15, 0.2) is 0 Å². The molecule has 0 spiro atoms. The number of hydrogen-bond donors (Lipinski definition) is 2. The van der Waals surface area contributed by atoms with Crippen molar-refractivity contribution in [3.05, 3.63) is 94.8 Å². The first-order chi connectivity index (χ1) is 14.1. The van der Waals surface area contributed by atoms with Gasteiger partial charge >= 0.3 is 0 Å². The quantitative estimate of drug-likeness (QED) is 0.627. The molecule has 2 aromatic carbocycles. The van der Waals surface area contributed by atoms with E-state index in [4.69, 9.17) is 16.3 Å². The molecular formula is C22H20ClN3O3. The van der Waals surface area contributed by atoms with E-state index in [1.54, 1.807) is 13.2 Å². The molecule has 29 heavy (non-hydrogen) atoms.